The number of nitrogens with one attached hydrogen (secondary N) is 1. The topological polar surface area (TPSA) is 29.9 Å². The molecule has 0 aliphatic heterocycles. The van der Waals surface area contributed by atoms with Gasteiger partial charge in [-0.25, -0.2) is 4.68 Å². The summed E-state index contributed by atoms with van der Waals surface area (Å²) in [5.41, 5.74) is 3.68. The molecule has 0 spiro atoms. The highest BCUT2D eigenvalue weighted by Crippen LogP contribution is 2.39. The van der Waals surface area contributed by atoms with E-state index in [4.69, 9.17) is 5.10 Å². The molecule has 3 nitrogen and oxygen atoms in total. The van der Waals surface area contributed by atoms with Crippen LogP contribution in [-0.4, -0.2) is 16.3 Å². The minimum atomic E-state index is 0.311. The Hall–Kier alpha value is -1.13. The fourth-order valence-electron chi connectivity index (χ4n) is 2.62. The number of halogens is 1. The smallest absolute Gasteiger partial charge is 0.0694 e. The normalized spacial score (nSPS) is 16.1. The van der Waals surface area contributed by atoms with Crippen molar-refractivity contribution < 1.29 is 0 Å². The van der Waals surface area contributed by atoms with Crippen molar-refractivity contribution in [1.29, 1.82) is 0 Å². The molecule has 0 bridgehead atoms. The molecule has 0 radical (unpaired) electrons. The maximum absolute atomic E-state index is 4.77. The van der Waals surface area contributed by atoms with E-state index >= 15 is 0 Å². The highest BCUT2D eigenvalue weighted by atomic mass is 79.9. The van der Waals surface area contributed by atoms with E-state index in [9.17, 15) is 0 Å². The second-order valence-electron chi connectivity index (χ2n) is 5.84. The van der Waals surface area contributed by atoms with Gasteiger partial charge in [0.25, 0.3) is 0 Å². The third-order valence-corrected chi connectivity index (χ3v) is 4.50. The SMILES string of the molecule is CCCNC(C)c1cc(Br)ccc1-n1ccc(C2CC2)n1. The largest absolute Gasteiger partial charge is 0.310 e. The van der Waals surface area contributed by atoms with Gasteiger partial charge in [-0.05, 0) is 62.6 Å². The lowest BCUT2D eigenvalue weighted by atomic mass is 10.1. The predicted molar refractivity (Wildman–Crippen MR) is 89.9 cm³/mol. The summed E-state index contributed by atoms with van der Waals surface area (Å²) in [5.74, 6) is 0.695. The lowest BCUT2D eigenvalue weighted by Crippen LogP contribution is -2.21. The third kappa shape index (κ3) is 3.38. The molecule has 2 aromatic rings. The zero-order valence-electron chi connectivity index (χ0n) is 12.6. The first-order valence-electron chi connectivity index (χ1n) is 7.77. The van der Waals surface area contributed by atoms with Crippen LogP contribution in [0.1, 0.15) is 56.3 Å². The average Bonchev–Trinajstić information content (AvgIpc) is 3.23. The standard InChI is InChI=1S/C17H22BrN3/c1-3-9-19-12(2)15-11-14(18)6-7-17(15)21-10-8-16(20-21)13-4-5-13/h6-8,10-13,19H,3-5,9H2,1-2H3. The van der Waals surface area contributed by atoms with E-state index in [2.05, 4.69) is 65.6 Å². The Balaban J connectivity index is 1.92. The average molecular weight is 348 g/mol. The van der Waals surface area contributed by atoms with Crippen molar-refractivity contribution in [2.75, 3.05) is 6.54 Å². The molecular weight excluding hydrogens is 326 g/mol. The fourth-order valence-corrected chi connectivity index (χ4v) is 3.00. The highest BCUT2D eigenvalue weighted by Gasteiger charge is 2.26. The van der Waals surface area contributed by atoms with E-state index in [1.807, 2.05) is 4.68 Å². The van der Waals surface area contributed by atoms with Gasteiger partial charge in [-0.2, -0.15) is 5.10 Å². The molecule has 1 saturated carbocycles. The van der Waals surface area contributed by atoms with E-state index in [1.54, 1.807) is 0 Å². The number of aromatic nitrogens is 2. The van der Waals surface area contributed by atoms with E-state index in [1.165, 1.54) is 29.8 Å². The van der Waals surface area contributed by atoms with Crippen LogP contribution < -0.4 is 5.32 Å². The quantitative estimate of drug-likeness (QED) is 0.829. The molecule has 1 N–H and O–H groups in total. The van der Waals surface area contributed by atoms with Crippen LogP contribution in [0.25, 0.3) is 5.69 Å². The van der Waals surface area contributed by atoms with Gasteiger partial charge in [0.2, 0.25) is 0 Å². The molecule has 1 aromatic carbocycles. The fraction of sp³-hybridized carbons (Fsp3) is 0.471. The third-order valence-electron chi connectivity index (χ3n) is 4.01. The van der Waals surface area contributed by atoms with Gasteiger partial charge in [-0.15, -0.1) is 0 Å². The van der Waals surface area contributed by atoms with Crippen molar-refractivity contribution in [2.45, 2.75) is 45.1 Å². The van der Waals surface area contributed by atoms with Crippen LogP contribution >= 0.6 is 15.9 Å². The van der Waals surface area contributed by atoms with E-state index in [0.29, 0.717) is 12.0 Å². The predicted octanol–water partition coefficient (Wildman–Crippen LogP) is 4.57. The molecule has 1 fully saturated rings. The highest BCUT2D eigenvalue weighted by molar-refractivity contribution is 9.10. The number of benzene rings is 1. The maximum Gasteiger partial charge on any atom is 0.0694 e. The Morgan fingerprint density at radius 3 is 2.90 bits per heavy atom. The summed E-state index contributed by atoms with van der Waals surface area (Å²) in [5, 5.41) is 8.34. The number of hydrogen-bond acceptors (Lipinski definition) is 2. The molecule has 1 unspecified atom stereocenters. The van der Waals surface area contributed by atoms with Crippen LogP contribution in [0.15, 0.2) is 34.9 Å². The molecule has 3 rings (SSSR count). The molecule has 1 aliphatic rings. The molecule has 0 saturated heterocycles. The zero-order chi connectivity index (χ0) is 14.8. The van der Waals surface area contributed by atoms with Gasteiger partial charge in [-0.3, -0.25) is 0 Å². The van der Waals surface area contributed by atoms with Crippen molar-refractivity contribution in [3.8, 4) is 5.69 Å². The summed E-state index contributed by atoms with van der Waals surface area (Å²) in [6.07, 6.45) is 5.81. The van der Waals surface area contributed by atoms with Gasteiger partial charge in [0, 0.05) is 22.6 Å². The minimum Gasteiger partial charge on any atom is -0.310 e. The summed E-state index contributed by atoms with van der Waals surface area (Å²) < 4.78 is 3.14. The van der Waals surface area contributed by atoms with Gasteiger partial charge in [-0.1, -0.05) is 22.9 Å². The number of nitrogens with zero attached hydrogens (tertiary/aromatic N) is 2. The van der Waals surface area contributed by atoms with E-state index in [0.717, 1.165) is 17.4 Å². The van der Waals surface area contributed by atoms with E-state index < -0.39 is 0 Å². The van der Waals surface area contributed by atoms with Crippen LogP contribution in [0.4, 0.5) is 0 Å². The Morgan fingerprint density at radius 1 is 1.38 bits per heavy atom. The van der Waals surface area contributed by atoms with Crippen molar-refractivity contribution in [3.63, 3.8) is 0 Å². The lowest BCUT2D eigenvalue weighted by Gasteiger charge is -2.18. The van der Waals surface area contributed by atoms with Crippen LogP contribution in [-0.2, 0) is 0 Å². The summed E-state index contributed by atoms with van der Waals surface area (Å²) in [6.45, 7) is 5.43. The first-order valence-corrected chi connectivity index (χ1v) is 8.57. The van der Waals surface area contributed by atoms with Crippen LogP contribution in [0.2, 0.25) is 0 Å². The number of hydrogen-bond donors (Lipinski definition) is 1. The zero-order valence-corrected chi connectivity index (χ0v) is 14.2. The lowest BCUT2D eigenvalue weighted by molar-refractivity contribution is 0.566. The Morgan fingerprint density at radius 2 is 2.19 bits per heavy atom. The van der Waals surface area contributed by atoms with Gasteiger partial charge < -0.3 is 5.32 Å². The Kier molecular flexibility index (Phi) is 4.45. The molecule has 112 valence electrons. The first-order chi connectivity index (χ1) is 10.2. The summed E-state index contributed by atoms with van der Waals surface area (Å²) in [7, 11) is 0. The summed E-state index contributed by atoms with van der Waals surface area (Å²) in [4.78, 5) is 0. The van der Waals surface area contributed by atoms with Crippen LogP contribution in [0.5, 0.6) is 0 Å². The minimum absolute atomic E-state index is 0.311. The molecule has 1 aliphatic carbocycles. The second-order valence-corrected chi connectivity index (χ2v) is 6.75. The van der Waals surface area contributed by atoms with Crippen molar-refractivity contribution in [1.82, 2.24) is 15.1 Å². The monoisotopic (exact) mass is 347 g/mol. The Bertz CT molecular complexity index is 616. The van der Waals surface area contributed by atoms with Crippen molar-refractivity contribution >= 4 is 15.9 Å². The molecule has 1 atom stereocenters. The van der Waals surface area contributed by atoms with Gasteiger partial charge in [0.05, 0.1) is 11.4 Å². The first kappa shape index (κ1) is 14.8. The van der Waals surface area contributed by atoms with Crippen molar-refractivity contribution in [3.05, 3.63) is 46.2 Å². The van der Waals surface area contributed by atoms with Crippen LogP contribution in [0, 0.1) is 0 Å². The van der Waals surface area contributed by atoms with Gasteiger partial charge >= 0.3 is 0 Å². The molecule has 21 heavy (non-hydrogen) atoms. The maximum atomic E-state index is 4.77. The van der Waals surface area contributed by atoms with Crippen molar-refractivity contribution in [2.24, 2.45) is 0 Å². The summed E-state index contributed by atoms with van der Waals surface area (Å²) in [6, 6.07) is 8.90. The molecular formula is C17H22BrN3. The van der Waals surface area contributed by atoms with Gasteiger partial charge in [0.1, 0.15) is 0 Å². The second kappa shape index (κ2) is 6.32. The molecule has 0 amide bonds. The van der Waals surface area contributed by atoms with Gasteiger partial charge in [0.15, 0.2) is 0 Å². The van der Waals surface area contributed by atoms with Crippen LogP contribution in [0.3, 0.4) is 0 Å². The summed E-state index contributed by atoms with van der Waals surface area (Å²) >= 11 is 3.59. The molecule has 1 aromatic heterocycles. The molecule has 4 heteroatoms. The Labute approximate surface area is 134 Å². The number of rotatable bonds is 6. The van der Waals surface area contributed by atoms with E-state index in [-0.39, 0.29) is 0 Å². The molecule has 1 heterocycles.